The van der Waals surface area contributed by atoms with Crippen LogP contribution in [0.4, 0.5) is 0 Å². The van der Waals surface area contributed by atoms with E-state index in [2.05, 4.69) is 11.9 Å². The number of benzene rings is 1. The average molecular weight is 376 g/mol. The van der Waals surface area contributed by atoms with Gasteiger partial charge in [-0.05, 0) is 51.4 Å². The van der Waals surface area contributed by atoms with E-state index in [0.717, 1.165) is 51.7 Å². The fraction of sp³-hybridized carbons (Fsp3) is 0.667. The molecule has 0 radical (unpaired) electrons. The molecule has 6 nitrogen and oxygen atoms in total. The van der Waals surface area contributed by atoms with E-state index >= 15 is 0 Å². The largest absolute Gasteiger partial charge is 0.497 e. The number of nitrogens with zero attached hydrogens (tertiary/aromatic N) is 2. The zero-order chi connectivity index (χ0) is 19.2. The topological polar surface area (TPSA) is 51.2 Å². The lowest BCUT2D eigenvalue weighted by Crippen LogP contribution is -2.51. The zero-order valence-corrected chi connectivity index (χ0v) is 16.8. The van der Waals surface area contributed by atoms with Crippen LogP contribution < -0.4 is 9.47 Å². The molecule has 2 aliphatic heterocycles. The molecule has 1 aromatic carbocycles. The van der Waals surface area contributed by atoms with E-state index in [1.54, 1.807) is 14.2 Å². The molecule has 0 N–H and O–H groups in total. The molecule has 0 aromatic heterocycles. The molecule has 3 rings (SSSR count). The Kier molecular flexibility index (Phi) is 6.96. The summed E-state index contributed by atoms with van der Waals surface area (Å²) in [7, 11) is 5.50. The van der Waals surface area contributed by atoms with Gasteiger partial charge in [0.25, 0.3) is 5.91 Å². The van der Waals surface area contributed by atoms with Gasteiger partial charge in [0, 0.05) is 26.3 Å². The van der Waals surface area contributed by atoms with Crippen LogP contribution in [0.3, 0.4) is 0 Å². The first kappa shape index (κ1) is 20.0. The number of piperidine rings is 1. The van der Waals surface area contributed by atoms with Crippen molar-refractivity contribution in [3.63, 3.8) is 0 Å². The van der Waals surface area contributed by atoms with Crippen LogP contribution in [-0.4, -0.2) is 75.4 Å². The minimum atomic E-state index is 0.0343. The molecule has 0 aliphatic carbocycles. The Bertz CT molecular complexity index is 637. The van der Waals surface area contributed by atoms with Crippen molar-refractivity contribution >= 4 is 5.91 Å². The Hall–Kier alpha value is -1.79. The van der Waals surface area contributed by atoms with E-state index in [-0.39, 0.29) is 18.1 Å². The highest BCUT2D eigenvalue weighted by molar-refractivity contribution is 5.97. The molecule has 2 heterocycles. The van der Waals surface area contributed by atoms with Gasteiger partial charge in [-0.2, -0.15) is 0 Å². The van der Waals surface area contributed by atoms with Crippen LogP contribution in [-0.2, 0) is 4.74 Å². The summed E-state index contributed by atoms with van der Waals surface area (Å²) >= 11 is 0. The van der Waals surface area contributed by atoms with Gasteiger partial charge in [-0.25, -0.2) is 0 Å². The minimum Gasteiger partial charge on any atom is -0.497 e. The quantitative estimate of drug-likeness (QED) is 0.794. The van der Waals surface area contributed by atoms with Crippen molar-refractivity contribution in [3.05, 3.63) is 23.8 Å². The summed E-state index contributed by atoms with van der Waals surface area (Å²) < 4.78 is 17.1. The molecule has 27 heavy (non-hydrogen) atoms. The highest BCUT2D eigenvalue weighted by Gasteiger charge is 2.35. The molecule has 2 atom stereocenters. The Morgan fingerprint density at radius 1 is 1.07 bits per heavy atom. The molecule has 2 aliphatic rings. The first-order chi connectivity index (χ1) is 13.1. The van der Waals surface area contributed by atoms with Crippen LogP contribution in [0.1, 0.15) is 42.5 Å². The van der Waals surface area contributed by atoms with Crippen molar-refractivity contribution in [2.45, 2.75) is 44.2 Å². The van der Waals surface area contributed by atoms with Gasteiger partial charge in [0.2, 0.25) is 0 Å². The SMILES string of the molecule is COc1ccc2c(c1)OCCN(C)CCCC[C@@H]1[C@H](OC)CCCN1C2=O. The molecular weight excluding hydrogens is 344 g/mol. The van der Waals surface area contributed by atoms with Crippen LogP contribution in [0.15, 0.2) is 18.2 Å². The van der Waals surface area contributed by atoms with Gasteiger partial charge in [0.05, 0.1) is 24.8 Å². The first-order valence-corrected chi connectivity index (χ1v) is 9.97. The normalized spacial score (nSPS) is 25.3. The number of hydrogen-bond donors (Lipinski definition) is 0. The van der Waals surface area contributed by atoms with E-state index < -0.39 is 0 Å². The molecule has 1 saturated heterocycles. The molecule has 0 bridgehead atoms. The molecule has 0 saturated carbocycles. The number of likely N-dealkylation sites (N-methyl/N-ethyl adjacent to an activating group) is 1. The molecule has 1 fully saturated rings. The van der Waals surface area contributed by atoms with Gasteiger partial charge in [0.1, 0.15) is 18.1 Å². The second-order valence-corrected chi connectivity index (χ2v) is 7.49. The van der Waals surface area contributed by atoms with Gasteiger partial charge in [-0.3, -0.25) is 4.79 Å². The summed E-state index contributed by atoms with van der Waals surface area (Å²) in [4.78, 5) is 17.7. The summed E-state index contributed by atoms with van der Waals surface area (Å²) in [6.45, 7) is 3.19. The van der Waals surface area contributed by atoms with E-state index in [0.29, 0.717) is 23.7 Å². The van der Waals surface area contributed by atoms with Crippen molar-refractivity contribution in [2.75, 3.05) is 47.5 Å². The number of amides is 1. The fourth-order valence-electron chi connectivity index (χ4n) is 4.13. The lowest BCUT2D eigenvalue weighted by molar-refractivity contribution is -0.0155. The lowest BCUT2D eigenvalue weighted by atomic mass is 9.93. The van der Waals surface area contributed by atoms with Gasteiger partial charge < -0.3 is 24.0 Å². The van der Waals surface area contributed by atoms with Gasteiger partial charge in [-0.15, -0.1) is 0 Å². The highest BCUT2D eigenvalue weighted by atomic mass is 16.5. The molecular formula is C21H32N2O4. The Morgan fingerprint density at radius 3 is 2.70 bits per heavy atom. The van der Waals surface area contributed by atoms with Crippen molar-refractivity contribution in [2.24, 2.45) is 0 Å². The van der Waals surface area contributed by atoms with Crippen molar-refractivity contribution in [3.8, 4) is 11.5 Å². The summed E-state index contributed by atoms with van der Waals surface area (Å²) in [6, 6.07) is 5.60. The third-order valence-electron chi connectivity index (χ3n) is 5.72. The van der Waals surface area contributed by atoms with E-state index in [1.165, 1.54) is 0 Å². The molecule has 1 aromatic rings. The van der Waals surface area contributed by atoms with Gasteiger partial charge >= 0.3 is 0 Å². The molecule has 0 unspecified atom stereocenters. The number of fused-ring (bicyclic) bond motifs is 2. The average Bonchev–Trinajstić information content (AvgIpc) is 2.70. The van der Waals surface area contributed by atoms with E-state index in [4.69, 9.17) is 14.2 Å². The maximum Gasteiger partial charge on any atom is 0.257 e. The summed E-state index contributed by atoms with van der Waals surface area (Å²) in [5.41, 5.74) is 0.611. The van der Waals surface area contributed by atoms with Crippen molar-refractivity contribution in [1.82, 2.24) is 9.80 Å². The molecule has 6 heteroatoms. The zero-order valence-electron chi connectivity index (χ0n) is 16.8. The smallest absolute Gasteiger partial charge is 0.257 e. The first-order valence-electron chi connectivity index (χ1n) is 9.97. The number of carbonyl (C=O) groups excluding carboxylic acids is 1. The van der Waals surface area contributed by atoms with Gasteiger partial charge in [0.15, 0.2) is 0 Å². The summed E-state index contributed by atoms with van der Waals surface area (Å²) in [5, 5.41) is 0. The lowest BCUT2D eigenvalue weighted by Gasteiger charge is -2.41. The van der Waals surface area contributed by atoms with Crippen LogP contribution in [0.2, 0.25) is 0 Å². The number of rotatable bonds is 2. The number of hydrogen-bond acceptors (Lipinski definition) is 5. The number of carbonyl (C=O) groups is 1. The molecule has 1 amide bonds. The maximum absolute atomic E-state index is 13.4. The number of methoxy groups -OCH3 is 2. The van der Waals surface area contributed by atoms with Gasteiger partial charge in [-0.1, -0.05) is 6.42 Å². The Labute approximate surface area is 162 Å². The standard InChI is InChI=1S/C21H32N2O4/c1-22-11-5-4-7-18-19(26-3)8-6-12-23(18)21(24)17-10-9-16(25-2)15-20(17)27-14-13-22/h9-10,15,18-19H,4-8,11-14H2,1-3H3/t18-,19-/m1/s1. The monoisotopic (exact) mass is 376 g/mol. The molecule has 0 spiro atoms. The minimum absolute atomic E-state index is 0.0343. The number of ether oxygens (including phenoxy) is 3. The summed E-state index contributed by atoms with van der Waals surface area (Å²) in [5.74, 6) is 1.33. The van der Waals surface area contributed by atoms with Crippen LogP contribution in [0.25, 0.3) is 0 Å². The van der Waals surface area contributed by atoms with Crippen LogP contribution in [0, 0.1) is 0 Å². The highest BCUT2D eigenvalue weighted by Crippen LogP contribution is 2.31. The second-order valence-electron chi connectivity index (χ2n) is 7.49. The van der Waals surface area contributed by atoms with Crippen LogP contribution in [0.5, 0.6) is 11.5 Å². The second kappa shape index (κ2) is 9.42. The Balaban J connectivity index is 1.94. The van der Waals surface area contributed by atoms with Crippen molar-refractivity contribution in [1.29, 1.82) is 0 Å². The third kappa shape index (κ3) is 4.74. The van der Waals surface area contributed by atoms with E-state index in [9.17, 15) is 4.79 Å². The predicted octanol–water partition coefficient (Wildman–Crippen LogP) is 2.81. The maximum atomic E-state index is 13.4. The Morgan fingerprint density at radius 2 is 1.93 bits per heavy atom. The fourth-order valence-corrected chi connectivity index (χ4v) is 4.13. The van der Waals surface area contributed by atoms with Crippen molar-refractivity contribution < 1.29 is 19.0 Å². The van der Waals surface area contributed by atoms with Crippen LogP contribution >= 0.6 is 0 Å². The summed E-state index contributed by atoms with van der Waals surface area (Å²) in [6.07, 6.45) is 5.27. The molecule has 150 valence electrons. The predicted molar refractivity (Wildman–Crippen MR) is 105 cm³/mol. The third-order valence-corrected chi connectivity index (χ3v) is 5.72. The van der Waals surface area contributed by atoms with E-state index in [1.807, 2.05) is 23.1 Å².